The number of fused-ring (bicyclic) bond motifs is 1. The molecule has 4 rings (SSSR count). The van der Waals surface area contributed by atoms with Gasteiger partial charge in [-0.3, -0.25) is 9.69 Å². The Morgan fingerprint density at radius 3 is 2.48 bits per heavy atom. The predicted octanol–water partition coefficient (Wildman–Crippen LogP) is 2.82. The average Bonchev–Trinajstić information content (AvgIpc) is 2.99. The molecule has 1 fully saturated rings. The van der Waals surface area contributed by atoms with Crippen LogP contribution in [0.25, 0.3) is 0 Å². The Hall–Kier alpha value is -3.04. The van der Waals surface area contributed by atoms with E-state index in [4.69, 9.17) is 14.7 Å². The van der Waals surface area contributed by atoms with Gasteiger partial charge in [0.1, 0.15) is 6.10 Å². The summed E-state index contributed by atoms with van der Waals surface area (Å²) in [5.41, 5.74) is 1.85. The first-order valence-electron chi connectivity index (χ1n) is 10.1. The molecule has 0 bridgehead atoms. The fourth-order valence-electron chi connectivity index (χ4n) is 3.86. The third kappa shape index (κ3) is 4.36. The maximum Gasteiger partial charge on any atom is 0.267 e. The van der Waals surface area contributed by atoms with Crippen molar-refractivity contribution in [2.75, 3.05) is 26.2 Å². The van der Waals surface area contributed by atoms with E-state index in [9.17, 15) is 4.79 Å². The molecule has 2 atom stereocenters. The van der Waals surface area contributed by atoms with Gasteiger partial charge < -0.3 is 14.4 Å². The number of para-hydroxylation sites is 2. The molecule has 1 saturated heterocycles. The fourth-order valence-corrected chi connectivity index (χ4v) is 3.86. The van der Waals surface area contributed by atoms with E-state index in [0.29, 0.717) is 23.6 Å². The third-order valence-electron chi connectivity index (χ3n) is 5.48. The summed E-state index contributed by atoms with van der Waals surface area (Å²) in [5.74, 6) is 1.31. The van der Waals surface area contributed by atoms with Gasteiger partial charge in [0, 0.05) is 32.7 Å². The minimum atomic E-state index is -0.616. The zero-order chi connectivity index (χ0) is 20.2. The molecule has 0 aromatic heterocycles. The van der Waals surface area contributed by atoms with Crippen molar-refractivity contribution in [2.24, 2.45) is 0 Å². The largest absolute Gasteiger partial charge is 0.482 e. The second-order valence-corrected chi connectivity index (χ2v) is 7.57. The number of hydrogen-bond acceptors (Lipinski definition) is 5. The van der Waals surface area contributed by atoms with E-state index in [0.717, 1.165) is 32.6 Å². The molecule has 2 aliphatic heterocycles. The number of nitriles is 1. The molecular weight excluding hydrogens is 366 g/mol. The second kappa shape index (κ2) is 8.54. The summed E-state index contributed by atoms with van der Waals surface area (Å²) in [4.78, 5) is 17.4. The molecule has 0 aliphatic carbocycles. The van der Waals surface area contributed by atoms with Crippen molar-refractivity contribution >= 4 is 5.91 Å². The predicted molar refractivity (Wildman–Crippen MR) is 109 cm³/mol. The smallest absolute Gasteiger partial charge is 0.267 e. The number of benzene rings is 2. The van der Waals surface area contributed by atoms with Crippen molar-refractivity contribution in [1.29, 1.82) is 5.26 Å². The lowest BCUT2D eigenvalue weighted by atomic mass is 10.1. The molecule has 1 amide bonds. The van der Waals surface area contributed by atoms with Gasteiger partial charge in [0.05, 0.1) is 11.6 Å². The maximum atomic E-state index is 13.1. The quantitative estimate of drug-likeness (QED) is 0.805. The van der Waals surface area contributed by atoms with Crippen LogP contribution in [0.4, 0.5) is 0 Å². The number of amides is 1. The highest BCUT2D eigenvalue weighted by molar-refractivity contribution is 5.82. The average molecular weight is 391 g/mol. The first-order valence-corrected chi connectivity index (χ1v) is 10.1. The van der Waals surface area contributed by atoms with Crippen LogP contribution in [0.5, 0.6) is 11.5 Å². The van der Waals surface area contributed by atoms with Crippen LogP contribution in [-0.2, 0) is 11.3 Å². The summed E-state index contributed by atoms with van der Waals surface area (Å²) in [5, 5.41) is 8.93. The fraction of sp³-hybridized carbons (Fsp3) is 0.391. The van der Waals surface area contributed by atoms with E-state index in [1.807, 2.05) is 60.4 Å². The van der Waals surface area contributed by atoms with Gasteiger partial charge in [0.2, 0.25) is 6.10 Å². The molecule has 29 heavy (non-hydrogen) atoms. The number of hydrogen-bond donors (Lipinski definition) is 0. The van der Waals surface area contributed by atoms with Crippen molar-refractivity contribution < 1.29 is 14.3 Å². The molecule has 2 aromatic carbocycles. The van der Waals surface area contributed by atoms with Crippen LogP contribution in [0.1, 0.15) is 24.5 Å². The number of ether oxygens (including phenoxy) is 2. The van der Waals surface area contributed by atoms with Gasteiger partial charge in [-0.05, 0) is 43.2 Å². The SMILES string of the molecule is CC1Oc2ccccc2OC1C(=O)N1CCCN(Cc2ccc(C#N)cc2)CC1. The van der Waals surface area contributed by atoms with E-state index in [1.165, 1.54) is 5.56 Å². The minimum absolute atomic E-state index is 0.00720. The van der Waals surface area contributed by atoms with Crippen molar-refractivity contribution in [3.05, 3.63) is 59.7 Å². The first kappa shape index (κ1) is 19.3. The Balaban J connectivity index is 1.36. The highest BCUT2D eigenvalue weighted by atomic mass is 16.6. The molecular formula is C23H25N3O3. The van der Waals surface area contributed by atoms with Crippen molar-refractivity contribution in [3.8, 4) is 17.6 Å². The van der Waals surface area contributed by atoms with Gasteiger partial charge in [-0.1, -0.05) is 24.3 Å². The molecule has 150 valence electrons. The third-order valence-corrected chi connectivity index (χ3v) is 5.48. The molecule has 6 nitrogen and oxygen atoms in total. The summed E-state index contributed by atoms with van der Waals surface area (Å²) in [6.45, 7) is 5.84. The molecule has 2 unspecified atom stereocenters. The van der Waals surface area contributed by atoms with Crippen molar-refractivity contribution in [3.63, 3.8) is 0 Å². The molecule has 2 aromatic rings. The topological polar surface area (TPSA) is 65.8 Å². The number of carbonyl (C=O) groups is 1. The lowest BCUT2D eigenvalue weighted by Crippen LogP contribution is -2.51. The monoisotopic (exact) mass is 391 g/mol. The number of nitrogens with zero attached hydrogens (tertiary/aromatic N) is 3. The number of carbonyl (C=O) groups excluding carboxylic acids is 1. The molecule has 0 N–H and O–H groups in total. The Morgan fingerprint density at radius 2 is 1.76 bits per heavy atom. The van der Waals surface area contributed by atoms with Gasteiger partial charge in [-0.25, -0.2) is 0 Å². The normalized spacial score (nSPS) is 21.9. The Labute approximate surface area is 171 Å². The van der Waals surface area contributed by atoms with Crippen LogP contribution < -0.4 is 9.47 Å². The summed E-state index contributed by atoms with van der Waals surface area (Å²) in [6.07, 6.45) is -0.0222. The molecule has 0 spiro atoms. The molecule has 2 aliphatic rings. The van der Waals surface area contributed by atoms with Crippen molar-refractivity contribution in [2.45, 2.75) is 32.1 Å². The molecule has 2 heterocycles. The second-order valence-electron chi connectivity index (χ2n) is 7.57. The Morgan fingerprint density at radius 1 is 1.03 bits per heavy atom. The number of rotatable bonds is 3. The zero-order valence-corrected chi connectivity index (χ0v) is 16.6. The molecule has 6 heteroatoms. The Kier molecular flexibility index (Phi) is 5.68. The molecule has 0 saturated carbocycles. The van der Waals surface area contributed by atoms with E-state index >= 15 is 0 Å². The van der Waals surface area contributed by atoms with Gasteiger partial charge in [-0.15, -0.1) is 0 Å². The van der Waals surface area contributed by atoms with Crippen LogP contribution in [-0.4, -0.2) is 54.1 Å². The highest BCUT2D eigenvalue weighted by Crippen LogP contribution is 2.34. The van der Waals surface area contributed by atoms with Gasteiger partial charge >= 0.3 is 0 Å². The zero-order valence-electron chi connectivity index (χ0n) is 16.6. The Bertz CT molecular complexity index is 906. The van der Waals surface area contributed by atoms with Crippen LogP contribution in [0.2, 0.25) is 0 Å². The molecule has 0 radical (unpaired) electrons. The van der Waals surface area contributed by atoms with Crippen molar-refractivity contribution in [1.82, 2.24) is 9.80 Å². The van der Waals surface area contributed by atoms with Gasteiger partial charge in [-0.2, -0.15) is 5.26 Å². The maximum absolute atomic E-state index is 13.1. The summed E-state index contributed by atoms with van der Waals surface area (Å²) in [7, 11) is 0. The minimum Gasteiger partial charge on any atom is -0.482 e. The highest BCUT2D eigenvalue weighted by Gasteiger charge is 2.37. The van der Waals surface area contributed by atoms with Crippen LogP contribution in [0.3, 0.4) is 0 Å². The standard InChI is InChI=1S/C23H25N3O3/c1-17-22(29-21-6-3-2-5-20(21)28-17)23(27)26-12-4-11-25(13-14-26)16-19-9-7-18(15-24)8-10-19/h2-3,5-10,17,22H,4,11-14,16H2,1H3. The van der Waals surface area contributed by atoms with E-state index in [-0.39, 0.29) is 12.0 Å². The van der Waals surface area contributed by atoms with Crippen LogP contribution >= 0.6 is 0 Å². The van der Waals surface area contributed by atoms with Gasteiger partial charge in [0.15, 0.2) is 11.5 Å². The van der Waals surface area contributed by atoms with Gasteiger partial charge in [0.25, 0.3) is 5.91 Å². The van der Waals surface area contributed by atoms with E-state index in [2.05, 4.69) is 11.0 Å². The summed E-state index contributed by atoms with van der Waals surface area (Å²) >= 11 is 0. The lowest BCUT2D eigenvalue weighted by Gasteiger charge is -2.34. The first-order chi connectivity index (χ1) is 14.1. The van der Waals surface area contributed by atoms with E-state index in [1.54, 1.807) is 0 Å². The lowest BCUT2D eigenvalue weighted by molar-refractivity contribution is -0.144. The summed E-state index contributed by atoms with van der Waals surface area (Å²) < 4.78 is 11.9. The van der Waals surface area contributed by atoms with Crippen LogP contribution in [0.15, 0.2) is 48.5 Å². The van der Waals surface area contributed by atoms with Crippen LogP contribution in [0, 0.1) is 11.3 Å². The summed E-state index contributed by atoms with van der Waals surface area (Å²) in [6, 6.07) is 17.3. The van der Waals surface area contributed by atoms with E-state index < -0.39 is 6.10 Å².